The van der Waals surface area contributed by atoms with Crippen LogP contribution in [0.1, 0.15) is 0 Å². The molecule has 0 spiro atoms. The van der Waals surface area contributed by atoms with Crippen molar-refractivity contribution in [3.63, 3.8) is 0 Å². The number of hydrogen-bond donors (Lipinski definition) is 3. The number of benzene rings is 1. The highest BCUT2D eigenvalue weighted by Gasteiger charge is 2.23. The van der Waals surface area contributed by atoms with E-state index in [1.165, 1.54) is 6.21 Å². The highest BCUT2D eigenvalue weighted by atomic mass is 127. The summed E-state index contributed by atoms with van der Waals surface area (Å²) in [6.07, 6.45) is 1.32. The van der Waals surface area contributed by atoms with E-state index in [1.54, 1.807) is 4.90 Å². The van der Waals surface area contributed by atoms with Gasteiger partial charge >= 0.3 is 6.03 Å². The molecular formula is C13H16IN4O+. The molecule has 6 heteroatoms. The Morgan fingerprint density at radius 3 is 2.84 bits per heavy atom. The summed E-state index contributed by atoms with van der Waals surface area (Å²) >= 11 is 2.13. The van der Waals surface area contributed by atoms with E-state index in [0.717, 1.165) is 21.5 Å². The lowest BCUT2D eigenvalue weighted by molar-refractivity contribution is -0.615. The Kier molecular flexibility index (Phi) is 4.92. The van der Waals surface area contributed by atoms with Crippen molar-refractivity contribution in [2.45, 2.75) is 0 Å². The molecule has 0 aromatic heterocycles. The van der Waals surface area contributed by atoms with Gasteiger partial charge < -0.3 is 20.9 Å². The lowest BCUT2D eigenvalue weighted by Gasteiger charge is -2.27. The zero-order chi connectivity index (χ0) is 13.7. The highest BCUT2D eigenvalue weighted by Crippen LogP contribution is 2.11. The Balaban J connectivity index is 2.02. The summed E-state index contributed by atoms with van der Waals surface area (Å²) in [6, 6.07) is 9.34. The van der Waals surface area contributed by atoms with Crippen LogP contribution in [0.15, 0.2) is 39.6 Å². The zero-order valence-corrected chi connectivity index (χ0v) is 12.6. The van der Waals surface area contributed by atoms with Crippen LogP contribution < -0.4 is 10.6 Å². The summed E-state index contributed by atoms with van der Waals surface area (Å²) in [4.78, 5) is 13.9. The number of piperazine rings is 1. The van der Waals surface area contributed by atoms with Gasteiger partial charge in [0.1, 0.15) is 5.70 Å². The van der Waals surface area contributed by atoms with E-state index in [9.17, 15) is 4.79 Å². The van der Waals surface area contributed by atoms with Crippen LogP contribution >= 0.6 is 22.6 Å². The third kappa shape index (κ3) is 3.77. The van der Waals surface area contributed by atoms with Gasteiger partial charge in [0.2, 0.25) is 0 Å². The van der Waals surface area contributed by atoms with Gasteiger partial charge in [-0.2, -0.15) is 0 Å². The van der Waals surface area contributed by atoms with Crippen LogP contribution in [0.5, 0.6) is 0 Å². The first kappa shape index (κ1) is 14.0. The van der Waals surface area contributed by atoms with Crippen LogP contribution in [0.4, 0.5) is 10.5 Å². The molecule has 1 saturated heterocycles. The van der Waals surface area contributed by atoms with E-state index in [-0.39, 0.29) is 6.03 Å². The monoisotopic (exact) mass is 371 g/mol. The summed E-state index contributed by atoms with van der Waals surface area (Å²) in [6.45, 7) is 2.11. The van der Waals surface area contributed by atoms with Gasteiger partial charge in [0.05, 0.1) is 23.2 Å². The molecule has 19 heavy (non-hydrogen) atoms. The number of nitrogens with two attached hydrogens (primary N) is 1. The van der Waals surface area contributed by atoms with Crippen LogP contribution in [-0.2, 0) is 0 Å². The topological polar surface area (TPSA) is 72.8 Å². The molecule has 1 aliphatic rings. The molecule has 2 rings (SSSR count). The van der Waals surface area contributed by atoms with Gasteiger partial charge in [0, 0.05) is 11.9 Å². The number of rotatable bonds is 2. The molecule has 1 heterocycles. The molecule has 0 atom stereocenters. The molecule has 5 nitrogen and oxygen atoms in total. The number of urea groups is 1. The van der Waals surface area contributed by atoms with Crippen molar-refractivity contribution in [1.29, 1.82) is 5.41 Å². The average molecular weight is 371 g/mol. The second kappa shape index (κ2) is 6.67. The number of carbonyl (C=O) groups excluding carboxylic acids is 1. The first-order valence-electron chi connectivity index (χ1n) is 6.04. The van der Waals surface area contributed by atoms with Crippen LogP contribution in [-0.4, -0.2) is 36.8 Å². The molecule has 0 radical (unpaired) electrons. The van der Waals surface area contributed by atoms with Gasteiger partial charge in [-0.15, -0.1) is 0 Å². The molecule has 4 N–H and O–H groups in total. The maximum atomic E-state index is 12.1. The van der Waals surface area contributed by atoms with E-state index in [4.69, 9.17) is 5.41 Å². The molecule has 100 valence electrons. The van der Waals surface area contributed by atoms with Crippen LogP contribution in [0, 0.1) is 5.41 Å². The summed E-state index contributed by atoms with van der Waals surface area (Å²) < 4.78 is 0.884. The molecule has 1 fully saturated rings. The number of amides is 2. The molecule has 0 saturated carbocycles. The average Bonchev–Trinajstić information content (AvgIpc) is 2.47. The predicted molar refractivity (Wildman–Crippen MR) is 83.7 cm³/mol. The van der Waals surface area contributed by atoms with Crippen LogP contribution in [0.25, 0.3) is 0 Å². The summed E-state index contributed by atoms with van der Waals surface area (Å²) in [7, 11) is 0. The number of anilines is 1. The number of halogens is 1. The predicted octanol–water partition coefficient (Wildman–Crippen LogP) is 1.39. The third-order valence-corrected chi connectivity index (χ3v) is 3.90. The molecule has 0 unspecified atom stereocenters. The molecular weight excluding hydrogens is 355 g/mol. The minimum atomic E-state index is -0.0917. The van der Waals surface area contributed by atoms with E-state index in [2.05, 4.69) is 33.2 Å². The fourth-order valence-corrected chi connectivity index (χ4v) is 2.30. The second-order valence-electron chi connectivity index (χ2n) is 4.23. The summed E-state index contributed by atoms with van der Waals surface area (Å²) in [5.41, 5.74) is 1.85. The molecule has 1 aromatic carbocycles. The Bertz CT molecular complexity index is 501. The lowest BCUT2D eigenvalue weighted by Crippen LogP contribution is -2.88. The van der Waals surface area contributed by atoms with Crippen LogP contribution in [0.3, 0.4) is 0 Å². The largest absolute Gasteiger partial charge is 0.322 e. The maximum Gasteiger partial charge on any atom is 0.322 e. The summed E-state index contributed by atoms with van der Waals surface area (Å²) in [5.74, 6) is 0. The molecule has 1 aromatic rings. The minimum Gasteiger partial charge on any atom is -0.313 e. The SMILES string of the molecule is N=CC(I)=C1CN(C(=O)Nc2ccccc2)CC[NH2+]1. The maximum absolute atomic E-state index is 12.1. The van der Waals surface area contributed by atoms with Crippen molar-refractivity contribution in [3.05, 3.63) is 39.6 Å². The van der Waals surface area contributed by atoms with E-state index >= 15 is 0 Å². The fourth-order valence-electron chi connectivity index (χ4n) is 1.91. The quantitative estimate of drug-likeness (QED) is 0.534. The Hall–Kier alpha value is -1.41. The number of nitrogens with zero attached hydrogens (tertiary/aromatic N) is 1. The number of allylic oxidation sites excluding steroid dienone is 1. The van der Waals surface area contributed by atoms with Gasteiger partial charge in [-0.1, -0.05) is 18.2 Å². The smallest absolute Gasteiger partial charge is 0.313 e. The van der Waals surface area contributed by atoms with Crippen molar-refractivity contribution in [3.8, 4) is 0 Å². The second-order valence-corrected chi connectivity index (χ2v) is 5.39. The fraction of sp³-hybridized carbons (Fsp3) is 0.231. The normalized spacial score (nSPS) is 17.8. The first-order chi connectivity index (χ1) is 9.20. The standard InChI is InChI=1S/C13H15IN4O/c14-11(8-15)12-9-18(7-6-16-12)13(19)17-10-4-2-1-3-5-10/h1-5,8,15-16H,6-7,9H2,(H,17,19)/p+1. The van der Waals surface area contributed by atoms with E-state index < -0.39 is 0 Å². The van der Waals surface area contributed by atoms with E-state index in [1.807, 2.05) is 30.3 Å². The third-order valence-electron chi connectivity index (χ3n) is 2.90. The number of nitrogens with one attached hydrogen (secondary N) is 2. The van der Waals surface area contributed by atoms with Crippen molar-refractivity contribution in [2.75, 3.05) is 25.0 Å². The number of para-hydroxylation sites is 1. The van der Waals surface area contributed by atoms with E-state index in [0.29, 0.717) is 13.1 Å². The van der Waals surface area contributed by atoms with Gasteiger partial charge in [0.15, 0.2) is 0 Å². The Labute approximate surface area is 125 Å². The number of carbonyl (C=O) groups is 1. The lowest BCUT2D eigenvalue weighted by atomic mass is 10.3. The van der Waals surface area contributed by atoms with Crippen molar-refractivity contribution >= 4 is 40.5 Å². The Morgan fingerprint density at radius 1 is 1.42 bits per heavy atom. The van der Waals surface area contributed by atoms with Crippen LogP contribution in [0.2, 0.25) is 0 Å². The van der Waals surface area contributed by atoms with Gasteiger partial charge in [-0.3, -0.25) is 0 Å². The first-order valence-corrected chi connectivity index (χ1v) is 7.12. The van der Waals surface area contributed by atoms with Gasteiger partial charge in [0.25, 0.3) is 0 Å². The zero-order valence-electron chi connectivity index (χ0n) is 10.4. The molecule has 0 bridgehead atoms. The summed E-state index contributed by atoms with van der Waals surface area (Å²) in [5, 5.41) is 12.2. The van der Waals surface area contributed by atoms with Crippen molar-refractivity contribution in [2.24, 2.45) is 0 Å². The highest BCUT2D eigenvalue weighted by molar-refractivity contribution is 14.1. The molecule has 0 aliphatic carbocycles. The van der Waals surface area contributed by atoms with Gasteiger partial charge in [-0.25, -0.2) is 4.79 Å². The molecule has 2 amide bonds. The minimum absolute atomic E-state index is 0.0917. The van der Waals surface area contributed by atoms with Crippen molar-refractivity contribution in [1.82, 2.24) is 4.90 Å². The number of quaternary nitrogens is 1. The molecule has 1 aliphatic heterocycles. The number of hydrogen-bond acceptors (Lipinski definition) is 2. The Morgan fingerprint density at radius 2 is 2.16 bits per heavy atom. The van der Waals surface area contributed by atoms with Gasteiger partial charge in [-0.05, 0) is 34.7 Å². The van der Waals surface area contributed by atoms with Crippen molar-refractivity contribution < 1.29 is 10.1 Å².